The first-order valence-corrected chi connectivity index (χ1v) is 13.4. The van der Waals surface area contributed by atoms with Gasteiger partial charge in [0, 0.05) is 29.7 Å². The molecule has 1 aromatic heterocycles. The van der Waals surface area contributed by atoms with Crippen LogP contribution in [0.2, 0.25) is 0 Å². The topological polar surface area (TPSA) is 141 Å². The van der Waals surface area contributed by atoms with Gasteiger partial charge in [-0.15, -0.1) is 0 Å². The minimum atomic E-state index is -4.88. The van der Waals surface area contributed by atoms with Crippen molar-refractivity contribution in [3.8, 4) is 5.75 Å². The quantitative estimate of drug-likeness (QED) is 0.232. The van der Waals surface area contributed by atoms with E-state index in [1.807, 2.05) is 0 Å². The average molecular weight is 628 g/mol. The van der Waals surface area contributed by atoms with Crippen molar-refractivity contribution in [2.75, 3.05) is 11.5 Å². The highest BCUT2D eigenvalue weighted by Crippen LogP contribution is 2.36. The molecular weight excluding hydrogens is 597 g/mol. The van der Waals surface area contributed by atoms with Gasteiger partial charge in [0.1, 0.15) is 41.0 Å². The summed E-state index contributed by atoms with van der Waals surface area (Å²) in [6.45, 7) is 3.75. The zero-order chi connectivity index (χ0) is 32.6. The predicted molar refractivity (Wildman–Crippen MR) is 146 cm³/mol. The molecule has 238 valence electrons. The average Bonchev–Trinajstić information content (AvgIpc) is 2.89. The van der Waals surface area contributed by atoms with Gasteiger partial charge in [0.25, 0.3) is 0 Å². The largest absolute Gasteiger partial charge is 0.490 e. The van der Waals surface area contributed by atoms with Gasteiger partial charge >= 0.3 is 18.4 Å². The lowest BCUT2D eigenvalue weighted by Crippen LogP contribution is -2.46. The van der Waals surface area contributed by atoms with Gasteiger partial charge in [-0.1, -0.05) is 0 Å². The van der Waals surface area contributed by atoms with E-state index in [4.69, 9.17) is 9.47 Å². The highest BCUT2D eigenvalue weighted by molar-refractivity contribution is 6.09. The second-order valence-electron chi connectivity index (χ2n) is 11.2. The molecule has 0 spiro atoms. The van der Waals surface area contributed by atoms with Crippen LogP contribution in [0.5, 0.6) is 5.75 Å². The molecule has 1 heterocycles. The number of fused-ring (bicyclic) bond motifs is 1. The van der Waals surface area contributed by atoms with Crippen LogP contribution in [0.15, 0.2) is 36.5 Å². The fraction of sp³-hybridized carbons (Fsp3) is 0.414. The predicted octanol–water partition coefficient (Wildman–Crippen LogP) is 5.68. The number of pyridine rings is 1. The molecular formula is C29H30F5N3O7. The summed E-state index contributed by atoms with van der Waals surface area (Å²) < 4.78 is 78.7. The molecule has 1 atom stereocenters. The number of hydrogen-bond acceptors (Lipinski definition) is 8. The summed E-state index contributed by atoms with van der Waals surface area (Å²) in [5, 5.41) is 32.9. The Kier molecular flexibility index (Phi) is 9.32. The van der Waals surface area contributed by atoms with E-state index in [0.29, 0.717) is 25.0 Å². The highest BCUT2D eigenvalue weighted by atomic mass is 19.4. The number of alkyl halides is 3. The van der Waals surface area contributed by atoms with Crippen molar-refractivity contribution in [2.24, 2.45) is 0 Å². The molecule has 0 bridgehead atoms. The van der Waals surface area contributed by atoms with Gasteiger partial charge in [0.15, 0.2) is 0 Å². The van der Waals surface area contributed by atoms with Crippen LogP contribution < -0.4 is 15.0 Å². The Morgan fingerprint density at radius 3 is 2.36 bits per heavy atom. The van der Waals surface area contributed by atoms with E-state index in [2.05, 4.69) is 10.3 Å². The number of benzene rings is 2. The summed E-state index contributed by atoms with van der Waals surface area (Å²) in [7, 11) is 0. The standard InChI is InChI=1S/C29H30F5N3O7/c1-28(2,3)44-27(42)37(26(40)41)25-10-17-19(11-36-25)18(24(39)13-38)9-23(31)20(17)12-35-14-6-16(7-14)43-15-4-5-22(30)21(8-15)29(32,33)34/h4-5,8-11,14,16,24,35,38-39H,6-7,12-13H2,1-3H3,(H,40,41). The number of aliphatic hydroxyl groups excluding tert-OH is 2. The number of amides is 2. The lowest BCUT2D eigenvalue weighted by molar-refractivity contribution is -0.140. The lowest BCUT2D eigenvalue weighted by Gasteiger charge is -2.36. The molecule has 3 aromatic rings. The summed E-state index contributed by atoms with van der Waals surface area (Å²) in [6, 6.07) is 4.28. The molecule has 10 nitrogen and oxygen atoms in total. The molecule has 2 aromatic carbocycles. The molecule has 4 rings (SSSR count). The highest BCUT2D eigenvalue weighted by Gasteiger charge is 2.36. The number of halogens is 5. The van der Waals surface area contributed by atoms with Crippen LogP contribution in [-0.4, -0.2) is 56.8 Å². The van der Waals surface area contributed by atoms with Crippen LogP contribution in [0.1, 0.15) is 56.4 Å². The molecule has 0 aliphatic heterocycles. The van der Waals surface area contributed by atoms with Crippen molar-refractivity contribution in [3.63, 3.8) is 0 Å². The summed E-state index contributed by atoms with van der Waals surface area (Å²) in [4.78, 5) is 28.9. The van der Waals surface area contributed by atoms with Crippen molar-refractivity contribution in [1.29, 1.82) is 0 Å². The third-order valence-corrected chi connectivity index (χ3v) is 6.83. The summed E-state index contributed by atoms with van der Waals surface area (Å²) in [5.41, 5.74) is -2.47. The summed E-state index contributed by atoms with van der Waals surface area (Å²) >= 11 is 0. The normalized spacial score (nSPS) is 17.6. The van der Waals surface area contributed by atoms with Crippen LogP contribution in [0.3, 0.4) is 0 Å². The molecule has 15 heteroatoms. The number of rotatable bonds is 8. The van der Waals surface area contributed by atoms with E-state index in [0.717, 1.165) is 24.4 Å². The maximum atomic E-state index is 15.4. The van der Waals surface area contributed by atoms with E-state index in [9.17, 15) is 42.5 Å². The number of aromatic nitrogens is 1. The molecule has 1 fully saturated rings. The van der Waals surface area contributed by atoms with Gasteiger partial charge < -0.3 is 30.1 Å². The van der Waals surface area contributed by atoms with E-state index in [-0.39, 0.29) is 45.1 Å². The number of carbonyl (C=O) groups excluding carboxylic acids is 1. The SMILES string of the molecule is CC(C)(C)OC(=O)N(C(=O)O)c1cc2c(CNC3CC(Oc4ccc(F)c(C(F)(F)F)c4)C3)c(F)cc(C(O)CO)c2cn1. The number of carbonyl (C=O) groups is 2. The van der Waals surface area contributed by atoms with Crippen LogP contribution in [0.25, 0.3) is 10.8 Å². The number of anilines is 1. The van der Waals surface area contributed by atoms with E-state index in [1.165, 1.54) is 20.8 Å². The Bertz CT molecular complexity index is 1560. The number of carboxylic acid groups (broad SMARTS) is 1. The van der Waals surface area contributed by atoms with Crippen molar-refractivity contribution in [2.45, 2.75) is 70.2 Å². The summed E-state index contributed by atoms with van der Waals surface area (Å²) in [6.07, 6.45) is -8.00. The molecule has 1 unspecified atom stereocenters. The van der Waals surface area contributed by atoms with Crippen molar-refractivity contribution >= 4 is 28.8 Å². The minimum absolute atomic E-state index is 0.0171. The number of aliphatic hydroxyl groups is 2. The molecule has 1 aliphatic rings. The Labute approximate surface area is 248 Å². The van der Waals surface area contributed by atoms with E-state index >= 15 is 4.39 Å². The Hall–Kier alpha value is -4.08. The van der Waals surface area contributed by atoms with Gasteiger partial charge in [-0.25, -0.2) is 23.4 Å². The van der Waals surface area contributed by atoms with Crippen molar-refractivity contribution < 1.29 is 56.3 Å². The maximum absolute atomic E-state index is 15.4. The molecule has 2 amide bonds. The van der Waals surface area contributed by atoms with Crippen LogP contribution in [0.4, 0.5) is 37.4 Å². The maximum Gasteiger partial charge on any atom is 0.425 e. The van der Waals surface area contributed by atoms with Gasteiger partial charge in [-0.2, -0.15) is 18.1 Å². The van der Waals surface area contributed by atoms with Gasteiger partial charge in [0.05, 0.1) is 12.2 Å². The van der Waals surface area contributed by atoms with E-state index < -0.39 is 65.8 Å². The number of nitrogens with zero attached hydrogens (tertiary/aromatic N) is 2. The van der Waals surface area contributed by atoms with Gasteiger partial charge in [-0.05, 0) is 74.9 Å². The summed E-state index contributed by atoms with van der Waals surface area (Å²) in [5.74, 6) is -2.77. The van der Waals surface area contributed by atoms with Crippen molar-refractivity contribution in [3.05, 3.63) is 64.9 Å². The second kappa shape index (κ2) is 12.5. The monoisotopic (exact) mass is 627 g/mol. The fourth-order valence-electron chi connectivity index (χ4n) is 4.67. The third kappa shape index (κ3) is 7.34. The smallest absolute Gasteiger partial charge is 0.425 e. The van der Waals surface area contributed by atoms with Crippen LogP contribution in [0, 0.1) is 11.6 Å². The number of imide groups is 1. The first-order chi connectivity index (χ1) is 20.5. The second-order valence-corrected chi connectivity index (χ2v) is 11.2. The molecule has 0 saturated heterocycles. The van der Waals surface area contributed by atoms with Crippen LogP contribution in [-0.2, 0) is 17.5 Å². The van der Waals surface area contributed by atoms with Gasteiger partial charge in [0.2, 0.25) is 0 Å². The Balaban J connectivity index is 1.56. The van der Waals surface area contributed by atoms with Gasteiger partial charge in [-0.3, -0.25) is 0 Å². The van der Waals surface area contributed by atoms with Crippen LogP contribution >= 0.6 is 0 Å². The molecule has 44 heavy (non-hydrogen) atoms. The molecule has 1 saturated carbocycles. The first-order valence-electron chi connectivity index (χ1n) is 13.4. The number of ether oxygens (including phenoxy) is 2. The minimum Gasteiger partial charge on any atom is -0.490 e. The Morgan fingerprint density at radius 1 is 1.09 bits per heavy atom. The molecule has 1 aliphatic carbocycles. The molecule has 4 N–H and O–H groups in total. The molecule has 0 radical (unpaired) electrons. The lowest BCUT2D eigenvalue weighted by atomic mass is 9.88. The van der Waals surface area contributed by atoms with Crippen molar-refractivity contribution in [1.82, 2.24) is 10.3 Å². The zero-order valence-corrected chi connectivity index (χ0v) is 23.8. The first kappa shape index (κ1) is 32.8. The zero-order valence-electron chi connectivity index (χ0n) is 23.8. The third-order valence-electron chi connectivity index (χ3n) is 6.83. The Morgan fingerprint density at radius 2 is 1.77 bits per heavy atom. The van der Waals surface area contributed by atoms with E-state index in [1.54, 1.807) is 0 Å². The fourth-order valence-corrected chi connectivity index (χ4v) is 4.67. The number of nitrogens with one attached hydrogen (secondary N) is 1. The number of hydrogen-bond donors (Lipinski definition) is 4.